The molecule has 0 aromatic heterocycles. The van der Waals surface area contributed by atoms with Gasteiger partial charge in [0.2, 0.25) is 11.8 Å². The van der Waals surface area contributed by atoms with Gasteiger partial charge in [-0.2, -0.15) is 0 Å². The van der Waals surface area contributed by atoms with E-state index in [1.54, 1.807) is 0 Å². The Morgan fingerprint density at radius 1 is 1.19 bits per heavy atom. The summed E-state index contributed by atoms with van der Waals surface area (Å²) in [6.07, 6.45) is 3.34. The third-order valence-electron chi connectivity index (χ3n) is 5.75. The largest absolute Gasteiger partial charge is 0.342 e. The van der Waals surface area contributed by atoms with E-state index in [0.717, 1.165) is 56.7 Å². The topological polar surface area (TPSA) is 52.7 Å². The van der Waals surface area contributed by atoms with E-state index < -0.39 is 0 Å². The van der Waals surface area contributed by atoms with Crippen LogP contribution in [0.4, 0.5) is 5.69 Å². The molecule has 2 amide bonds. The second-order valence-corrected chi connectivity index (χ2v) is 7.46. The monoisotopic (exact) mass is 357 g/mol. The van der Waals surface area contributed by atoms with Crippen LogP contribution < -0.4 is 10.2 Å². The summed E-state index contributed by atoms with van der Waals surface area (Å²) in [6, 6.07) is 8.03. The van der Waals surface area contributed by atoms with Gasteiger partial charge in [0.1, 0.15) is 0 Å². The Morgan fingerprint density at radius 2 is 1.92 bits per heavy atom. The Labute approximate surface area is 156 Å². The third kappa shape index (κ3) is 4.09. The standard InChI is InChI=1S/C21H31N3O2/c1-3-17-7-5-6-8-19(17)24-15-18(13-20(24)25)21(26)23-11-9-16(10-12-23)14-22-4-2/h5-8,16,18,22H,3-4,9-15H2,1-2H3. The highest BCUT2D eigenvalue weighted by Crippen LogP contribution is 2.30. The van der Waals surface area contributed by atoms with Gasteiger partial charge < -0.3 is 15.1 Å². The van der Waals surface area contributed by atoms with Crippen molar-refractivity contribution in [3.63, 3.8) is 0 Å². The second-order valence-electron chi connectivity index (χ2n) is 7.46. The minimum absolute atomic E-state index is 0.0753. The molecule has 0 bridgehead atoms. The minimum atomic E-state index is -0.197. The lowest BCUT2D eigenvalue weighted by Crippen LogP contribution is -2.44. The van der Waals surface area contributed by atoms with E-state index in [-0.39, 0.29) is 17.7 Å². The molecule has 0 radical (unpaired) electrons. The number of nitrogens with zero attached hydrogens (tertiary/aromatic N) is 2. The zero-order valence-electron chi connectivity index (χ0n) is 16.0. The summed E-state index contributed by atoms with van der Waals surface area (Å²) in [7, 11) is 0. The smallest absolute Gasteiger partial charge is 0.228 e. The molecule has 5 nitrogen and oxygen atoms in total. The molecule has 0 aliphatic carbocycles. The lowest BCUT2D eigenvalue weighted by atomic mass is 9.95. The molecule has 2 saturated heterocycles. The van der Waals surface area contributed by atoms with Crippen LogP contribution in [0.5, 0.6) is 0 Å². The number of nitrogens with one attached hydrogen (secondary N) is 1. The highest BCUT2D eigenvalue weighted by Gasteiger charge is 2.38. The van der Waals surface area contributed by atoms with E-state index in [0.29, 0.717) is 18.9 Å². The summed E-state index contributed by atoms with van der Waals surface area (Å²) in [5, 5.41) is 3.40. The predicted molar refractivity (Wildman–Crippen MR) is 104 cm³/mol. The Bertz CT molecular complexity index is 638. The van der Waals surface area contributed by atoms with E-state index >= 15 is 0 Å². The number of hydrogen-bond donors (Lipinski definition) is 1. The van der Waals surface area contributed by atoms with Crippen molar-refractivity contribution in [2.24, 2.45) is 11.8 Å². The van der Waals surface area contributed by atoms with Crippen molar-refractivity contribution in [2.75, 3.05) is 37.6 Å². The number of benzene rings is 1. The van der Waals surface area contributed by atoms with Crippen molar-refractivity contribution in [3.05, 3.63) is 29.8 Å². The third-order valence-corrected chi connectivity index (χ3v) is 5.75. The molecule has 0 spiro atoms. The Hall–Kier alpha value is -1.88. The van der Waals surface area contributed by atoms with E-state index in [1.807, 2.05) is 28.0 Å². The number of likely N-dealkylation sites (tertiary alicyclic amines) is 1. The molecular weight excluding hydrogens is 326 g/mol. The molecule has 3 rings (SSSR count). The van der Waals surface area contributed by atoms with Gasteiger partial charge in [-0.15, -0.1) is 0 Å². The first-order chi connectivity index (χ1) is 12.6. The van der Waals surface area contributed by atoms with Gasteiger partial charge in [-0.05, 0) is 49.9 Å². The lowest BCUT2D eigenvalue weighted by molar-refractivity contribution is -0.137. The predicted octanol–water partition coefficient (Wildman–Crippen LogP) is 2.45. The average Bonchev–Trinajstić information content (AvgIpc) is 3.07. The molecule has 1 N–H and O–H groups in total. The van der Waals surface area contributed by atoms with Crippen LogP contribution >= 0.6 is 0 Å². The molecule has 1 aromatic rings. The Morgan fingerprint density at radius 3 is 2.62 bits per heavy atom. The fourth-order valence-corrected chi connectivity index (χ4v) is 4.14. The molecule has 1 unspecified atom stereocenters. The van der Waals surface area contributed by atoms with Crippen LogP contribution in [0.1, 0.15) is 38.7 Å². The maximum absolute atomic E-state index is 12.9. The zero-order valence-corrected chi connectivity index (χ0v) is 16.0. The van der Waals surface area contributed by atoms with Crippen LogP contribution in [0.25, 0.3) is 0 Å². The van der Waals surface area contributed by atoms with Crippen LogP contribution in [0.15, 0.2) is 24.3 Å². The van der Waals surface area contributed by atoms with Gasteiger partial charge >= 0.3 is 0 Å². The van der Waals surface area contributed by atoms with Gasteiger partial charge in [0, 0.05) is 31.7 Å². The first kappa shape index (κ1) is 18.9. The van der Waals surface area contributed by atoms with Crippen LogP contribution in [-0.2, 0) is 16.0 Å². The molecule has 1 aromatic carbocycles. The summed E-state index contributed by atoms with van der Waals surface area (Å²) in [4.78, 5) is 29.3. The first-order valence-corrected chi connectivity index (χ1v) is 10.0. The van der Waals surface area contributed by atoms with E-state index in [2.05, 4.69) is 25.2 Å². The summed E-state index contributed by atoms with van der Waals surface area (Å²) in [5.74, 6) is 0.706. The normalized spacial score (nSPS) is 21.5. The maximum atomic E-state index is 12.9. The van der Waals surface area contributed by atoms with E-state index in [4.69, 9.17) is 0 Å². The fourth-order valence-electron chi connectivity index (χ4n) is 4.14. The quantitative estimate of drug-likeness (QED) is 0.851. The Balaban J connectivity index is 1.59. The van der Waals surface area contributed by atoms with Crippen molar-refractivity contribution >= 4 is 17.5 Å². The maximum Gasteiger partial charge on any atom is 0.228 e. The van der Waals surface area contributed by atoms with Crippen molar-refractivity contribution in [3.8, 4) is 0 Å². The van der Waals surface area contributed by atoms with Gasteiger partial charge in [-0.25, -0.2) is 0 Å². The molecule has 0 saturated carbocycles. The molecule has 26 heavy (non-hydrogen) atoms. The number of rotatable bonds is 6. The number of carbonyl (C=O) groups excluding carboxylic acids is 2. The van der Waals surface area contributed by atoms with Gasteiger partial charge in [0.15, 0.2) is 0 Å². The second kappa shape index (κ2) is 8.67. The number of hydrogen-bond acceptors (Lipinski definition) is 3. The van der Waals surface area contributed by atoms with Gasteiger partial charge in [0.05, 0.1) is 5.92 Å². The first-order valence-electron chi connectivity index (χ1n) is 10.0. The van der Waals surface area contributed by atoms with Crippen LogP contribution in [0, 0.1) is 11.8 Å². The summed E-state index contributed by atoms with van der Waals surface area (Å²) < 4.78 is 0. The van der Waals surface area contributed by atoms with Crippen molar-refractivity contribution in [1.82, 2.24) is 10.2 Å². The summed E-state index contributed by atoms with van der Waals surface area (Å²) in [6.45, 7) is 8.43. The van der Waals surface area contributed by atoms with Crippen LogP contribution in [0.3, 0.4) is 0 Å². The molecule has 2 fully saturated rings. The zero-order chi connectivity index (χ0) is 18.5. The Kier molecular flexibility index (Phi) is 6.30. The van der Waals surface area contributed by atoms with Crippen molar-refractivity contribution < 1.29 is 9.59 Å². The number of anilines is 1. The molecule has 1 atom stereocenters. The molecular formula is C21H31N3O2. The van der Waals surface area contributed by atoms with Gasteiger partial charge in [0.25, 0.3) is 0 Å². The molecule has 5 heteroatoms. The molecule has 2 aliphatic rings. The van der Waals surface area contributed by atoms with Crippen molar-refractivity contribution in [2.45, 2.75) is 39.5 Å². The number of piperidine rings is 1. The molecule has 2 heterocycles. The average molecular weight is 357 g/mol. The van der Waals surface area contributed by atoms with Gasteiger partial charge in [-0.3, -0.25) is 9.59 Å². The number of amides is 2. The number of carbonyl (C=O) groups is 2. The number of aryl methyl sites for hydroxylation is 1. The molecule has 2 aliphatic heterocycles. The van der Waals surface area contributed by atoms with Gasteiger partial charge in [-0.1, -0.05) is 32.0 Å². The van der Waals surface area contributed by atoms with E-state index in [9.17, 15) is 9.59 Å². The van der Waals surface area contributed by atoms with Crippen LogP contribution in [-0.4, -0.2) is 49.4 Å². The minimum Gasteiger partial charge on any atom is -0.342 e. The van der Waals surface area contributed by atoms with Crippen molar-refractivity contribution in [1.29, 1.82) is 0 Å². The summed E-state index contributed by atoms with van der Waals surface area (Å²) in [5.41, 5.74) is 2.14. The number of para-hydroxylation sites is 1. The lowest BCUT2D eigenvalue weighted by Gasteiger charge is -2.33. The highest BCUT2D eigenvalue weighted by molar-refractivity contribution is 6.00. The highest BCUT2D eigenvalue weighted by atomic mass is 16.2. The SMILES string of the molecule is CCNCC1CCN(C(=O)C2CC(=O)N(c3ccccc3CC)C2)CC1. The molecule has 142 valence electrons. The van der Waals surface area contributed by atoms with E-state index in [1.165, 1.54) is 0 Å². The fraction of sp³-hybridized carbons (Fsp3) is 0.619. The van der Waals surface area contributed by atoms with Crippen LogP contribution in [0.2, 0.25) is 0 Å². The summed E-state index contributed by atoms with van der Waals surface area (Å²) >= 11 is 0.